The largest absolute Gasteiger partial charge is 0.508 e. The van der Waals surface area contributed by atoms with Crippen molar-refractivity contribution in [1.82, 2.24) is 0 Å². The van der Waals surface area contributed by atoms with Crippen LogP contribution in [0.4, 0.5) is 0 Å². The predicted molar refractivity (Wildman–Crippen MR) is 75.3 cm³/mol. The first-order valence-electron chi connectivity index (χ1n) is 6.05. The van der Waals surface area contributed by atoms with Gasteiger partial charge in [-0.2, -0.15) is 0 Å². The number of phenols is 1. The first-order chi connectivity index (χ1) is 9.60. The number of rotatable bonds is 5. The summed E-state index contributed by atoms with van der Waals surface area (Å²) in [6, 6.07) is 11.4. The van der Waals surface area contributed by atoms with E-state index in [0.29, 0.717) is 11.5 Å². The van der Waals surface area contributed by atoms with Crippen LogP contribution in [0.2, 0.25) is 0 Å². The minimum absolute atomic E-state index is 0.156. The summed E-state index contributed by atoms with van der Waals surface area (Å²) in [5.74, 6) is 1.02. The highest BCUT2D eigenvalue weighted by atomic mass is 16.5. The Morgan fingerprint density at radius 1 is 1.10 bits per heavy atom. The number of phenolic OH excluding ortho intramolecular Hbond substituents is 1. The fraction of sp³-hybridized carbons (Fsp3) is 0.143. The quantitative estimate of drug-likeness (QED) is 0.698. The van der Waals surface area contributed by atoms with Crippen LogP contribution in [0.5, 0.6) is 17.2 Å². The Kier molecular flexibility index (Phi) is 4.50. The molecule has 3 N–H and O–H groups in total. The van der Waals surface area contributed by atoms with Gasteiger partial charge in [-0.15, -0.1) is 0 Å². The van der Waals surface area contributed by atoms with E-state index in [1.807, 2.05) is 0 Å². The summed E-state index contributed by atoms with van der Waals surface area (Å²) in [6.45, 7) is 0.209. The van der Waals surface area contributed by atoms with Gasteiger partial charge in [-0.3, -0.25) is 0 Å². The molecule has 2 aromatic carbocycles. The van der Waals surface area contributed by atoms with E-state index >= 15 is 0 Å². The lowest BCUT2D eigenvalue weighted by Crippen LogP contribution is -2.31. The van der Waals surface area contributed by atoms with E-state index < -0.39 is 7.12 Å². The zero-order chi connectivity index (χ0) is 14.5. The van der Waals surface area contributed by atoms with Gasteiger partial charge in [0.15, 0.2) is 0 Å². The van der Waals surface area contributed by atoms with Gasteiger partial charge in [-0.1, -0.05) is 12.1 Å². The van der Waals surface area contributed by atoms with Crippen molar-refractivity contribution >= 4 is 12.6 Å². The van der Waals surface area contributed by atoms with Crippen molar-refractivity contribution in [2.75, 3.05) is 7.11 Å². The van der Waals surface area contributed by atoms with Gasteiger partial charge in [0.2, 0.25) is 0 Å². The molecule has 0 spiro atoms. The lowest BCUT2D eigenvalue weighted by Gasteiger charge is -2.12. The van der Waals surface area contributed by atoms with E-state index in [1.54, 1.807) is 36.4 Å². The first kappa shape index (κ1) is 14.2. The smallest absolute Gasteiger partial charge is 0.492 e. The summed E-state index contributed by atoms with van der Waals surface area (Å²) in [4.78, 5) is 0. The summed E-state index contributed by atoms with van der Waals surface area (Å²) in [5.41, 5.74) is 1.00. The standard InChI is InChI=1S/C14H15BO5/c1-19-12-5-6-14(13(8-12)15(17)18)20-9-10-3-2-4-11(16)7-10/h2-8,16-18H,9H2,1H3. The van der Waals surface area contributed by atoms with Crippen LogP contribution in [-0.2, 0) is 6.61 Å². The molecule has 20 heavy (non-hydrogen) atoms. The minimum Gasteiger partial charge on any atom is -0.508 e. The third-order valence-corrected chi connectivity index (χ3v) is 2.80. The van der Waals surface area contributed by atoms with Crippen LogP contribution in [0.25, 0.3) is 0 Å². The van der Waals surface area contributed by atoms with Crippen LogP contribution >= 0.6 is 0 Å². The van der Waals surface area contributed by atoms with Gasteiger partial charge in [0.1, 0.15) is 23.9 Å². The molecular formula is C14H15BO5. The van der Waals surface area contributed by atoms with Gasteiger partial charge in [-0.25, -0.2) is 0 Å². The molecule has 0 aliphatic heterocycles. The Bertz CT molecular complexity index is 586. The molecule has 0 saturated heterocycles. The first-order valence-corrected chi connectivity index (χ1v) is 6.05. The van der Waals surface area contributed by atoms with E-state index in [-0.39, 0.29) is 17.8 Å². The number of aromatic hydroxyl groups is 1. The van der Waals surface area contributed by atoms with Gasteiger partial charge >= 0.3 is 7.12 Å². The van der Waals surface area contributed by atoms with Crippen molar-refractivity contribution < 1.29 is 24.6 Å². The lowest BCUT2D eigenvalue weighted by atomic mass is 9.79. The maximum absolute atomic E-state index is 9.37. The van der Waals surface area contributed by atoms with Crippen molar-refractivity contribution in [2.45, 2.75) is 6.61 Å². The topological polar surface area (TPSA) is 79.2 Å². The SMILES string of the molecule is COc1ccc(OCc2cccc(O)c2)c(B(O)O)c1. The monoisotopic (exact) mass is 274 g/mol. The summed E-state index contributed by atoms with van der Waals surface area (Å²) in [7, 11) is -0.153. The second-order valence-electron chi connectivity index (χ2n) is 4.24. The Balaban J connectivity index is 2.16. The molecule has 0 bridgehead atoms. The fourth-order valence-corrected chi connectivity index (χ4v) is 1.79. The molecule has 2 aromatic rings. The molecular weight excluding hydrogens is 259 g/mol. The molecule has 0 amide bonds. The summed E-state index contributed by atoms with van der Waals surface area (Å²) >= 11 is 0. The molecule has 0 aromatic heterocycles. The molecule has 2 rings (SSSR count). The van der Waals surface area contributed by atoms with Crippen LogP contribution in [0.1, 0.15) is 5.56 Å². The second kappa shape index (κ2) is 6.32. The van der Waals surface area contributed by atoms with Crippen LogP contribution in [0.15, 0.2) is 42.5 Å². The number of ether oxygens (including phenoxy) is 2. The molecule has 0 aliphatic rings. The highest BCUT2D eigenvalue weighted by Gasteiger charge is 2.18. The van der Waals surface area contributed by atoms with E-state index in [4.69, 9.17) is 9.47 Å². The van der Waals surface area contributed by atoms with Crippen LogP contribution < -0.4 is 14.9 Å². The van der Waals surface area contributed by atoms with Crippen molar-refractivity contribution in [3.63, 3.8) is 0 Å². The third kappa shape index (κ3) is 3.43. The van der Waals surface area contributed by atoms with E-state index in [1.165, 1.54) is 13.2 Å². The highest BCUT2D eigenvalue weighted by molar-refractivity contribution is 6.59. The molecule has 6 heteroatoms. The predicted octanol–water partition coefficient (Wildman–Crippen LogP) is 0.660. The Morgan fingerprint density at radius 3 is 2.55 bits per heavy atom. The molecule has 0 saturated carbocycles. The molecule has 104 valence electrons. The van der Waals surface area contributed by atoms with Crippen molar-refractivity contribution in [1.29, 1.82) is 0 Å². The van der Waals surface area contributed by atoms with Crippen molar-refractivity contribution in [3.05, 3.63) is 48.0 Å². The molecule has 0 radical (unpaired) electrons. The van der Waals surface area contributed by atoms with Crippen molar-refractivity contribution in [3.8, 4) is 17.2 Å². The average Bonchev–Trinajstić information content (AvgIpc) is 2.45. The van der Waals surface area contributed by atoms with Gasteiger partial charge in [0.05, 0.1) is 7.11 Å². The maximum atomic E-state index is 9.37. The molecule has 0 unspecified atom stereocenters. The second-order valence-corrected chi connectivity index (χ2v) is 4.24. The fourth-order valence-electron chi connectivity index (χ4n) is 1.79. The molecule has 0 atom stereocenters. The average molecular weight is 274 g/mol. The number of benzene rings is 2. The zero-order valence-electron chi connectivity index (χ0n) is 11.0. The van der Waals surface area contributed by atoms with Crippen LogP contribution in [0, 0.1) is 0 Å². The van der Waals surface area contributed by atoms with Crippen LogP contribution in [-0.4, -0.2) is 29.4 Å². The normalized spacial score (nSPS) is 10.2. The van der Waals surface area contributed by atoms with E-state index in [2.05, 4.69) is 0 Å². The van der Waals surface area contributed by atoms with Crippen molar-refractivity contribution in [2.24, 2.45) is 0 Å². The lowest BCUT2D eigenvalue weighted by molar-refractivity contribution is 0.305. The summed E-state index contributed by atoms with van der Waals surface area (Å²) in [5, 5.41) is 28.1. The van der Waals surface area contributed by atoms with E-state index in [9.17, 15) is 15.2 Å². The van der Waals surface area contributed by atoms with Gasteiger partial charge in [-0.05, 0) is 35.9 Å². The maximum Gasteiger partial charge on any atom is 0.492 e. The third-order valence-electron chi connectivity index (χ3n) is 2.80. The zero-order valence-corrected chi connectivity index (χ0v) is 11.0. The summed E-state index contributed by atoms with van der Waals surface area (Å²) in [6.07, 6.45) is 0. The molecule has 0 heterocycles. The molecule has 0 aliphatic carbocycles. The summed E-state index contributed by atoms with van der Waals surface area (Å²) < 4.78 is 10.6. The van der Waals surface area contributed by atoms with Gasteiger partial charge in [0.25, 0.3) is 0 Å². The number of methoxy groups -OCH3 is 1. The Labute approximate surface area is 117 Å². The number of hydrogen-bond donors (Lipinski definition) is 3. The Morgan fingerprint density at radius 2 is 1.90 bits per heavy atom. The molecule has 0 fully saturated rings. The van der Waals surface area contributed by atoms with Gasteiger partial charge < -0.3 is 24.6 Å². The minimum atomic E-state index is -1.65. The van der Waals surface area contributed by atoms with Crippen LogP contribution in [0.3, 0.4) is 0 Å². The highest BCUT2D eigenvalue weighted by Crippen LogP contribution is 2.18. The Hall–Kier alpha value is -2.18. The number of hydrogen-bond acceptors (Lipinski definition) is 5. The van der Waals surface area contributed by atoms with E-state index in [0.717, 1.165) is 5.56 Å². The molecule has 5 nitrogen and oxygen atoms in total. The van der Waals surface area contributed by atoms with Gasteiger partial charge in [0, 0.05) is 5.46 Å².